The highest BCUT2D eigenvalue weighted by Gasteiger charge is 2.20. The van der Waals surface area contributed by atoms with Crippen molar-refractivity contribution in [1.29, 1.82) is 0 Å². The number of methoxy groups -OCH3 is 2. The molecule has 0 spiro atoms. The molecule has 2 aromatic heterocycles. The van der Waals surface area contributed by atoms with E-state index in [2.05, 4.69) is 25.3 Å². The summed E-state index contributed by atoms with van der Waals surface area (Å²) in [7, 11) is -1.08. The summed E-state index contributed by atoms with van der Waals surface area (Å²) >= 11 is 0. The molecule has 0 aliphatic rings. The first kappa shape index (κ1) is 26.5. The molecular weight excluding hydrogens is 534 g/mol. The van der Waals surface area contributed by atoms with Crippen LogP contribution in [0, 0.1) is 0 Å². The fourth-order valence-corrected chi connectivity index (χ4v) is 4.94. The molecule has 40 heavy (non-hydrogen) atoms. The van der Waals surface area contributed by atoms with Crippen molar-refractivity contribution in [3.63, 3.8) is 0 Å². The lowest BCUT2D eigenvalue weighted by Crippen LogP contribution is -2.17. The second kappa shape index (κ2) is 11.3. The molecule has 204 valence electrons. The Bertz CT molecular complexity index is 1750. The van der Waals surface area contributed by atoms with E-state index in [1.54, 1.807) is 48.5 Å². The highest BCUT2D eigenvalue weighted by molar-refractivity contribution is 7.92. The Labute approximate surface area is 230 Å². The fraction of sp³-hybridized carbons (Fsp3) is 0.107. The number of hydrogen-bond donors (Lipinski definition) is 3. The van der Waals surface area contributed by atoms with E-state index in [-0.39, 0.29) is 28.9 Å². The van der Waals surface area contributed by atoms with E-state index < -0.39 is 10.0 Å². The van der Waals surface area contributed by atoms with E-state index in [0.29, 0.717) is 39.5 Å². The molecule has 0 fully saturated rings. The number of benzene rings is 3. The lowest BCUT2D eigenvalue weighted by atomic mass is 10.2. The summed E-state index contributed by atoms with van der Waals surface area (Å²) in [6, 6.07) is 19.8. The molecule has 0 saturated carbocycles. The third-order valence-electron chi connectivity index (χ3n) is 5.79. The largest absolute Gasteiger partial charge is 0.497 e. The summed E-state index contributed by atoms with van der Waals surface area (Å²) in [5, 5.41) is 5.83. The SMILES string of the molecule is COc1cc(Nc2nc3ccccc3nc2NS(=O)(=O)c2cccc(NC(=O)Cc3ccoc3)c2)cc(OC)c1. The topological polar surface area (TPSA) is 145 Å². The minimum atomic E-state index is -4.14. The molecule has 0 aliphatic carbocycles. The number of rotatable bonds is 10. The summed E-state index contributed by atoms with van der Waals surface area (Å²) in [4.78, 5) is 21.5. The van der Waals surface area contributed by atoms with Crippen LogP contribution in [0.5, 0.6) is 11.5 Å². The number of fused-ring (bicyclic) bond motifs is 1. The van der Waals surface area contributed by atoms with E-state index in [0.717, 1.165) is 0 Å². The van der Waals surface area contributed by atoms with Gasteiger partial charge in [0.05, 0.1) is 49.1 Å². The standard InChI is InChI=1S/C28H25N5O6S/c1-37-21-13-20(14-22(16-21)38-2)30-27-28(32-25-9-4-3-8-24(25)31-27)33-40(35,36)23-7-5-6-19(15-23)29-26(34)12-18-10-11-39-17-18/h3-11,13-17H,12H2,1-2H3,(H,29,34)(H,30,31)(H,32,33). The van der Waals surface area contributed by atoms with Crippen LogP contribution in [0.15, 0.2) is 94.6 Å². The van der Waals surface area contributed by atoms with Crippen LogP contribution in [-0.2, 0) is 21.2 Å². The smallest absolute Gasteiger partial charge is 0.263 e. The third kappa shape index (κ3) is 6.13. The third-order valence-corrected chi connectivity index (χ3v) is 7.13. The van der Waals surface area contributed by atoms with Crippen LogP contribution in [0.3, 0.4) is 0 Å². The molecule has 0 atom stereocenters. The van der Waals surface area contributed by atoms with E-state index in [1.165, 1.54) is 44.9 Å². The molecule has 3 N–H and O–H groups in total. The number of sulfonamides is 1. The van der Waals surface area contributed by atoms with Crippen LogP contribution >= 0.6 is 0 Å². The summed E-state index contributed by atoms with van der Waals surface area (Å²) in [6.45, 7) is 0. The van der Waals surface area contributed by atoms with Gasteiger partial charge in [0.1, 0.15) is 11.5 Å². The molecule has 11 nitrogen and oxygen atoms in total. The van der Waals surface area contributed by atoms with Gasteiger partial charge in [-0.15, -0.1) is 0 Å². The average molecular weight is 560 g/mol. The van der Waals surface area contributed by atoms with E-state index in [9.17, 15) is 13.2 Å². The molecule has 0 radical (unpaired) electrons. The Hall–Kier alpha value is -5.10. The predicted molar refractivity (Wildman–Crippen MR) is 151 cm³/mol. The molecule has 0 bridgehead atoms. The molecule has 0 saturated heterocycles. The molecule has 12 heteroatoms. The zero-order chi connectivity index (χ0) is 28.1. The number of para-hydroxylation sites is 2. The van der Waals surface area contributed by atoms with Crippen LogP contribution < -0.4 is 24.8 Å². The first-order valence-electron chi connectivity index (χ1n) is 12.0. The molecule has 0 aliphatic heterocycles. The van der Waals surface area contributed by atoms with Crippen LogP contribution in [-0.4, -0.2) is 38.5 Å². The number of carbonyl (C=O) groups is 1. The van der Waals surface area contributed by atoms with Gasteiger partial charge in [0.15, 0.2) is 11.6 Å². The Balaban J connectivity index is 1.45. The van der Waals surface area contributed by atoms with Crippen molar-refractivity contribution in [2.24, 2.45) is 0 Å². The average Bonchev–Trinajstić information content (AvgIpc) is 3.46. The van der Waals surface area contributed by atoms with Crippen molar-refractivity contribution in [2.45, 2.75) is 11.3 Å². The number of nitrogens with one attached hydrogen (secondary N) is 3. The van der Waals surface area contributed by atoms with E-state index in [4.69, 9.17) is 13.9 Å². The number of amides is 1. The number of anilines is 4. The Morgan fingerprint density at radius 2 is 1.55 bits per heavy atom. The van der Waals surface area contributed by atoms with Gasteiger partial charge in [-0.2, -0.15) is 0 Å². The highest BCUT2D eigenvalue weighted by atomic mass is 32.2. The second-order valence-electron chi connectivity index (χ2n) is 8.63. The van der Waals surface area contributed by atoms with Crippen molar-refractivity contribution < 1.29 is 27.1 Å². The van der Waals surface area contributed by atoms with Gasteiger partial charge in [-0.1, -0.05) is 18.2 Å². The van der Waals surface area contributed by atoms with Crippen LogP contribution in [0.2, 0.25) is 0 Å². The fourth-order valence-electron chi connectivity index (χ4n) is 3.89. The van der Waals surface area contributed by atoms with Crippen molar-refractivity contribution in [2.75, 3.05) is 29.6 Å². The lowest BCUT2D eigenvalue weighted by molar-refractivity contribution is -0.115. The maximum absolute atomic E-state index is 13.5. The summed E-state index contributed by atoms with van der Waals surface area (Å²) in [5.74, 6) is 0.898. The maximum Gasteiger partial charge on any atom is 0.263 e. The van der Waals surface area contributed by atoms with Gasteiger partial charge in [0, 0.05) is 29.6 Å². The number of nitrogens with zero attached hydrogens (tertiary/aromatic N) is 2. The molecule has 5 rings (SSSR count). The first-order valence-corrected chi connectivity index (χ1v) is 13.5. The maximum atomic E-state index is 13.5. The van der Waals surface area contributed by atoms with Gasteiger partial charge in [-0.05, 0) is 42.0 Å². The minimum absolute atomic E-state index is 0.0186. The Morgan fingerprint density at radius 1 is 0.850 bits per heavy atom. The van der Waals surface area contributed by atoms with Crippen LogP contribution in [0.1, 0.15) is 5.56 Å². The van der Waals surface area contributed by atoms with E-state index >= 15 is 0 Å². The molecule has 3 aromatic carbocycles. The van der Waals surface area contributed by atoms with E-state index in [1.807, 2.05) is 6.07 Å². The normalized spacial score (nSPS) is 11.2. The molecule has 5 aromatic rings. The van der Waals surface area contributed by atoms with Gasteiger partial charge in [0.2, 0.25) is 5.91 Å². The van der Waals surface area contributed by atoms with Gasteiger partial charge in [-0.3, -0.25) is 9.52 Å². The molecule has 0 unspecified atom stereocenters. The van der Waals surface area contributed by atoms with Crippen LogP contribution in [0.4, 0.5) is 23.0 Å². The Morgan fingerprint density at radius 3 is 2.20 bits per heavy atom. The summed E-state index contributed by atoms with van der Waals surface area (Å²) < 4.78 is 45.1. The number of carbonyl (C=O) groups excluding carboxylic acids is 1. The zero-order valence-corrected chi connectivity index (χ0v) is 22.4. The first-order chi connectivity index (χ1) is 19.3. The van der Waals surface area contributed by atoms with Gasteiger partial charge < -0.3 is 24.5 Å². The Kier molecular flexibility index (Phi) is 7.51. The van der Waals surface area contributed by atoms with Gasteiger partial charge >= 0.3 is 0 Å². The van der Waals surface area contributed by atoms with Gasteiger partial charge in [-0.25, -0.2) is 18.4 Å². The van der Waals surface area contributed by atoms with Crippen LogP contribution in [0.25, 0.3) is 11.0 Å². The molecule has 2 heterocycles. The summed E-state index contributed by atoms with van der Waals surface area (Å²) in [5.41, 5.74) is 2.62. The van der Waals surface area contributed by atoms with Crippen molar-refractivity contribution in [1.82, 2.24) is 9.97 Å². The molecular formula is C28H25N5O6S. The number of hydrogen-bond acceptors (Lipinski definition) is 9. The zero-order valence-electron chi connectivity index (χ0n) is 21.5. The quantitative estimate of drug-likeness (QED) is 0.216. The minimum Gasteiger partial charge on any atom is -0.497 e. The van der Waals surface area contributed by atoms with Crippen molar-refractivity contribution >= 4 is 50.0 Å². The van der Waals surface area contributed by atoms with Crippen molar-refractivity contribution in [3.05, 3.63) is 90.9 Å². The highest BCUT2D eigenvalue weighted by Crippen LogP contribution is 2.31. The number of furan rings is 1. The second-order valence-corrected chi connectivity index (χ2v) is 10.3. The number of ether oxygens (including phenoxy) is 2. The van der Waals surface area contributed by atoms with Crippen molar-refractivity contribution in [3.8, 4) is 11.5 Å². The predicted octanol–water partition coefficient (Wildman–Crippen LogP) is 4.97. The number of aromatic nitrogens is 2. The molecule has 1 amide bonds. The van der Waals surface area contributed by atoms with Gasteiger partial charge in [0.25, 0.3) is 10.0 Å². The summed E-state index contributed by atoms with van der Waals surface area (Å²) in [6.07, 6.45) is 3.04. The monoisotopic (exact) mass is 559 g/mol. The lowest BCUT2D eigenvalue weighted by Gasteiger charge is -2.15.